The van der Waals surface area contributed by atoms with Crippen LogP contribution in [0.2, 0.25) is 0 Å². The highest BCUT2D eigenvalue weighted by Gasteiger charge is 2.28. The Morgan fingerprint density at radius 1 is 1.69 bits per heavy atom. The largest absolute Gasteiger partial charge is 0.437 e. The number of β-amino-alcohol motifs (C(OH)–C–C–N with tert-alkyl or cyclic N) is 1. The van der Waals surface area contributed by atoms with Crippen LogP contribution in [0.15, 0.2) is 4.99 Å². The number of hydrogen-bond donors (Lipinski definition) is 3. The first-order valence-electron chi connectivity index (χ1n) is 3.78. The minimum absolute atomic E-state index is 0.102. The molecule has 1 saturated heterocycles. The van der Waals surface area contributed by atoms with Gasteiger partial charge in [0.1, 0.15) is 5.84 Å². The summed E-state index contributed by atoms with van der Waals surface area (Å²) < 4.78 is 4.22. The molecule has 1 fully saturated rings. The summed E-state index contributed by atoms with van der Waals surface area (Å²) in [5.74, 6) is -0.200. The van der Waals surface area contributed by atoms with Crippen LogP contribution in [0.4, 0.5) is 4.79 Å². The van der Waals surface area contributed by atoms with Gasteiger partial charge in [0.25, 0.3) is 0 Å². The lowest BCUT2D eigenvalue weighted by atomic mass is 10.1. The third-order valence-corrected chi connectivity index (χ3v) is 2.08. The van der Waals surface area contributed by atoms with Crippen molar-refractivity contribution in [3.05, 3.63) is 0 Å². The van der Waals surface area contributed by atoms with Crippen molar-refractivity contribution in [1.29, 1.82) is 0 Å². The molecule has 1 amide bonds. The minimum Gasteiger partial charge on any atom is -0.434 e. The molecule has 1 aliphatic rings. The molecule has 0 aromatic heterocycles. The van der Waals surface area contributed by atoms with Gasteiger partial charge in [-0.25, -0.2) is 4.79 Å². The maximum Gasteiger partial charge on any atom is 0.437 e. The number of amidine groups is 1. The molecule has 7 heteroatoms. The number of hydrogen-bond acceptors (Lipinski definition) is 4. The van der Waals surface area contributed by atoms with Crippen LogP contribution in [0, 0.1) is 5.92 Å². The molecule has 13 heavy (non-hydrogen) atoms. The standard InChI is InChI=1S/C6H12N3O3P/c7-5(9-6(11)12-13)3-1-8-2-4(3)10/h3-4,8,10H,1-2,13H2,(H2,7,9,11)/t3-,4-/m0/s1. The van der Waals surface area contributed by atoms with E-state index in [1.165, 1.54) is 0 Å². The van der Waals surface area contributed by atoms with Crippen LogP contribution in [-0.2, 0) is 4.52 Å². The van der Waals surface area contributed by atoms with Gasteiger partial charge in [0.15, 0.2) is 0 Å². The summed E-state index contributed by atoms with van der Waals surface area (Å²) in [6, 6.07) is 0. The highest BCUT2D eigenvalue weighted by Crippen LogP contribution is 2.09. The highest BCUT2D eigenvalue weighted by atomic mass is 31.0. The van der Waals surface area contributed by atoms with Crippen LogP contribution in [0.5, 0.6) is 0 Å². The second-order valence-electron chi connectivity index (χ2n) is 2.75. The number of aliphatic hydroxyl groups is 1. The first kappa shape index (κ1) is 10.4. The highest BCUT2D eigenvalue weighted by molar-refractivity contribution is 7.10. The van der Waals surface area contributed by atoms with Crippen molar-refractivity contribution in [1.82, 2.24) is 5.32 Å². The Morgan fingerprint density at radius 3 is 2.85 bits per heavy atom. The van der Waals surface area contributed by atoms with Crippen LogP contribution in [0.3, 0.4) is 0 Å². The Morgan fingerprint density at radius 2 is 2.38 bits per heavy atom. The molecule has 1 heterocycles. The number of nitrogens with one attached hydrogen (secondary N) is 1. The van der Waals surface area contributed by atoms with Gasteiger partial charge in [-0.3, -0.25) is 0 Å². The SMILES string of the molecule is NC(=NC(=O)OP)[C@H]1CNC[C@@H]1O. The van der Waals surface area contributed by atoms with Crippen LogP contribution in [0.1, 0.15) is 0 Å². The van der Waals surface area contributed by atoms with Gasteiger partial charge in [-0.15, -0.1) is 0 Å². The number of amides is 1. The molecule has 0 radical (unpaired) electrons. The Labute approximate surface area is 77.8 Å². The Bertz CT molecular complexity index is 233. The number of nitrogens with two attached hydrogens (primary N) is 1. The third kappa shape index (κ3) is 2.62. The maximum atomic E-state index is 10.7. The van der Waals surface area contributed by atoms with Gasteiger partial charge in [0, 0.05) is 13.1 Å². The van der Waals surface area contributed by atoms with E-state index in [1.54, 1.807) is 9.47 Å². The summed E-state index contributed by atoms with van der Waals surface area (Å²) in [7, 11) is 1.78. The fourth-order valence-electron chi connectivity index (χ4n) is 1.18. The average molecular weight is 205 g/mol. The topological polar surface area (TPSA) is 96.9 Å². The van der Waals surface area contributed by atoms with E-state index in [-0.39, 0.29) is 11.8 Å². The molecule has 0 saturated carbocycles. The monoisotopic (exact) mass is 205 g/mol. The van der Waals surface area contributed by atoms with Crippen LogP contribution in [-0.4, -0.2) is 36.2 Å². The summed E-state index contributed by atoms with van der Waals surface area (Å²) in [5.41, 5.74) is 5.49. The zero-order valence-corrected chi connectivity index (χ0v) is 8.09. The van der Waals surface area contributed by atoms with Gasteiger partial charge in [0.05, 0.1) is 21.5 Å². The van der Waals surface area contributed by atoms with E-state index < -0.39 is 12.2 Å². The van der Waals surface area contributed by atoms with Crippen molar-refractivity contribution in [2.75, 3.05) is 13.1 Å². The molecule has 1 rings (SSSR count). The van der Waals surface area contributed by atoms with Crippen LogP contribution < -0.4 is 11.1 Å². The van der Waals surface area contributed by atoms with Gasteiger partial charge in [0.2, 0.25) is 0 Å². The van der Waals surface area contributed by atoms with Crippen molar-refractivity contribution in [3.8, 4) is 0 Å². The lowest BCUT2D eigenvalue weighted by Crippen LogP contribution is -2.33. The minimum atomic E-state index is -0.776. The van der Waals surface area contributed by atoms with Gasteiger partial charge >= 0.3 is 6.09 Å². The summed E-state index contributed by atoms with van der Waals surface area (Å²) in [5, 5.41) is 12.3. The smallest absolute Gasteiger partial charge is 0.434 e. The molecular weight excluding hydrogens is 193 g/mol. The van der Waals surface area contributed by atoms with Crippen molar-refractivity contribution < 1.29 is 14.4 Å². The summed E-state index contributed by atoms with van der Waals surface area (Å²) in [4.78, 5) is 14.1. The number of nitrogens with zero attached hydrogens (tertiary/aromatic N) is 1. The summed E-state index contributed by atoms with van der Waals surface area (Å²) >= 11 is 0. The fraction of sp³-hybridized carbons (Fsp3) is 0.667. The number of aliphatic imine (C=N–C) groups is 1. The first-order valence-corrected chi connectivity index (χ1v) is 4.26. The Kier molecular flexibility index (Phi) is 3.59. The lowest BCUT2D eigenvalue weighted by molar-refractivity contribution is 0.173. The Balaban J connectivity index is 2.60. The molecule has 0 aromatic rings. The van der Waals surface area contributed by atoms with Crippen molar-refractivity contribution in [2.45, 2.75) is 6.10 Å². The quantitative estimate of drug-likeness (QED) is 0.285. The van der Waals surface area contributed by atoms with E-state index >= 15 is 0 Å². The van der Waals surface area contributed by atoms with Gasteiger partial charge in [-0.1, -0.05) is 0 Å². The van der Waals surface area contributed by atoms with E-state index in [0.29, 0.717) is 13.1 Å². The molecule has 1 unspecified atom stereocenters. The molecule has 74 valence electrons. The van der Waals surface area contributed by atoms with E-state index in [2.05, 4.69) is 14.8 Å². The van der Waals surface area contributed by atoms with Crippen molar-refractivity contribution in [2.24, 2.45) is 16.6 Å². The second kappa shape index (κ2) is 4.50. The molecule has 0 spiro atoms. The lowest BCUT2D eigenvalue weighted by Gasteiger charge is -2.11. The van der Waals surface area contributed by atoms with Gasteiger partial charge < -0.3 is 20.7 Å². The second-order valence-corrected chi connectivity index (χ2v) is 2.99. The average Bonchev–Trinajstić information content (AvgIpc) is 2.51. The molecule has 0 aromatic carbocycles. The van der Waals surface area contributed by atoms with Gasteiger partial charge in [-0.05, 0) is 0 Å². The number of rotatable bonds is 1. The third-order valence-electron chi connectivity index (χ3n) is 1.88. The Hall–Kier alpha value is -0.710. The molecule has 0 aliphatic carbocycles. The molecule has 6 nitrogen and oxygen atoms in total. The summed E-state index contributed by atoms with van der Waals surface area (Å²) in [6.45, 7) is 0.997. The molecule has 3 atom stereocenters. The molecule has 0 bridgehead atoms. The summed E-state index contributed by atoms with van der Waals surface area (Å²) in [6.07, 6.45) is -1.36. The maximum absolute atomic E-state index is 10.7. The molecule has 1 aliphatic heterocycles. The fourth-order valence-corrected chi connectivity index (χ4v) is 1.23. The number of carbonyl (C=O) groups excluding carboxylic acids is 1. The van der Waals surface area contributed by atoms with Crippen LogP contribution >= 0.6 is 9.47 Å². The predicted octanol–water partition coefficient (Wildman–Crippen LogP) is -1.15. The number of aliphatic hydroxyl groups excluding tert-OH is 1. The predicted molar refractivity (Wildman–Crippen MR) is 50.2 cm³/mol. The van der Waals surface area contributed by atoms with Crippen LogP contribution in [0.25, 0.3) is 0 Å². The van der Waals surface area contributed by atoms with Crippen molar-refractivity contribution in [3.63, 3.8) is 0 Å². The molecule has 4 N–H and O–H groups in total. The van der Waals surface area contributed by atoms with E-state index in [1.807, 2.05) is 0 Å². The van der Waals surface area contributed by atoms with Crippen molar-refractivity contribution >= 4 is 21.4 Å². The first-order chi connectivity index (χ1) is 6.15. The van der Waals surface area contributed by atoms with Gasteiger partial charge in [-0.2, -0.15) is 4.99 Å². The normalized spacial score (nSPS) is 28.9. The molecular formula is C6H12N3O3P. The van der Waals surface area contributed by atoms with E-state index in [0.717, 1.165) is 0 Å². The van der Waals surface area contributed by atoms with E-state index in [9.17, 15) is 9.90 Å². The zero-order valence-electron chi connectivity index (χ0n) is 6.93. The number of carbonyl (C=O) groups is 1. The zero-order chi connectivity index (χ0) is 9.84. The van der Waals surface area contributed by atoms with E-state index in [4.69, 9.17) is 5.73 Å².